The van der Waals surface area contributed by atoms with Crippen molar-refractivity contribution in [3.05, 3.63) is 34.3 Å². The zero-order valence-corrected chi connectivity index (χ0v) is 12.5. The van der Waals surface area contributed by atoms with E-state index in [0.717, 1.165) is 50.4 Å². The lowest BCUT2D eigenvalue weighted by Gasteiger charge is -2.46. The molecule has 3 rings (SSSR count). The topological polar surface area (TPSA) is 35.6 Å². The average Bonchev–Trinajstić information content (AvgIpc) is 2.41. The van der Waals surface area contributed by atoms with E-state index in [-0.39, 0.29) is 5.91 Å². The van der Waals surface area contributed by atoms with E-state index >= 15 is 0 Å². The van der Waals surface area contributed by atoms with E-state index in [1.165, 1.54) is 0 Å². The minimum absolute atomic E-state index is 0.108. The molecule has 0 spiro atoms. The molecule has 2 heterocycles. The number of piperazine rings is 1. The second-order valence-electron chi connectivity index (χ2n) is 5.61. The molecule has 1 aromatic rings. The van der Waals surface area contributed by atoms with Crippen LogP contribution in [0.5, 0.6) is 0 Å². The first kappa shape index (κ1) is 13.9. The summed E-state index contributed by atoms with van der Waals surface area (Å²) in [6.07, 6.45) is 0. The van der Waals surface area contributed by atoms with Crippen LogP contribution in [0, 0.1) is 6.92 Å². The van der Waals surface area contributed by atoms with Crippen molar-refractivity contribution >= 4 is 17.5 Å². The van der Waals surface area contributed by atoms with E-state index in [1.807, 2.05) is 24.0 Å². The normalized spacial score (nSPS) is 20.8. The summed E-state index contributed by atoms with van der Waals surface area (Å²) in [6.45, 7) is 7.91. The van der Waals surface area contributed by atoms with Crippen molar-refractivity contribution in [2.45, 2.75) is 13.0 Å². The Bertz CT molecular complexity index is 508. The Hall–Kier alpha value is -1.10. The first-order valence-corrected chi connectivity index (χ1v) is 7.53. The standard InChI is InChI=1S/C15H20ClN3O/c1-11-2-3-12(16)8-14(11)15(20)19-9-13(10-19)18-6-4-17-5-7-18/h2-3,8,13,17H,4-7,9-10H2,1H3. The highest BCUT2D eigenvalue weighted by molar-refractivity contribution is 6.31. The fourth-order valence-electron chi connectivity index (χ4n) is 2.89. The Morgan fingerprint density at radius 2 is 2.00 bits per heavy atom. The van der Waals surface area contributed by atoms with Gasteiger partial charge in [0.05, 0.1) is 0 Å². The first-order chi connectivity index (χ1) is 9.65. The van der Waals surface area contributed by atoms with Crippen LogP contribution in [0.3, 0.4) is 0 Å². The quantitative estimate of drug-likeness (QED) is 0.895. The summed E-state index contributed by atoms with van der Waals surface area (Å²) in [7, 11) is 0. The monoisotopic (exact) mass is 293 g/mol. The summed E-state index contributed by atoms with van der Waals surface area (Å²) in [5.41, 5.74) is 1.72. The molecule has 0 aromatic heterocycles. The van der Waals surface area contributed by atoms with Crippen molar-refractivity contribution in [3.63, 3.8) is 0 Å². The number of benzene rings is 1. The van der Waals surface area contributed by atoms with Gasteiger partial charge >= 0.3 is 0 Å². The summed E-state index contributed by atoms with van der Waals surface area (Å²) in [4.78, 5) is 16.9. The predicted octanol–water partition coefficient (Wildman–Crippen LogP) is 1.38. The van der Waals surface area contributed by atoms with Crippen LogP contribution in [0.4, 0.5) is 0 Å². The van der Waals surface area contributed by atoms with Gasteiger partial charge in [0.2, 0.25) is 0 Å². The molecule has 0 aliphatic carbocycles. The summed E-state index contributed by atoms with van der Waals surface area (Å²) in [5, 5.41) is 3.98. The molecule has 0 unspecified atom stereocenters. The number of hydrogen-bond acceptors (Lipinski definition) is 3. The number of carbonyl (C=O) groups is 1. The molecule has 108 valence electrons. The summed E-state index contributed by atoms with van der Waals surface area (Å²) in [5.74, 6) is 0.108. The second kappa shape index (κ2) is 5.72. The lowest BCUT2D eigenvalue weighted by Crippen LogP contribution is -2.63. The smallest absolute Gasteiger partial charge is 0.254 e. The average molecular weight is 294 g/mol. The fraction of sp³-hybridized carbons (Fsp3) is 0.533. The molecule has 20 heavy (non-hydrogen) atoms. The molecule has 2 fully saturated rings. The van der Waals surface area contributed by atoms with Gasteiger partial charge in [-0.15, -0.1) is 0 Å². The van der Waals surface area contributed by atoms with E-state index < -0.39 is 0 Å². The fourth-order valence-corrected chi connectivity index (χ4v) is 3.07. The van der Waals surface area contributed by atoms with Gasteiger partial charge < -0.3 is 10.2 Å². The highest BCUT2D eigenvalue weighted by Gasteiger charge is 2.35. The van der Waals surface area contributed by atoms with Crippen LogP contribution in [0.25, 0.3) is 0 Å². The van der Waals surface area contributed by atoms with Gasteiger partial charge in [-0.25, -0.2) is 0 Å². The number of likely N-dealkylation sites (tertiary alicyclic amines) is 1. The molecule has 2 aliphatic heterocycles. The zero-order valence-electron chi connectivity index (χ0n) is 11.7. The molecule has 4 nitrogen and oxygen atoms in total. The molecule has 0 radical (unpaired) electrons. The Labute approximate surface area is 124 Å². The van der Waals surface area contributed by atoms with Gasteiger partial charge in [0, 0.05) is 55.9 Å². The lowest BCUT2D eigenvalue weighted by molar-refractivity contribution is 0.0226. The lowest BCUT2D eigenvalue weighted by atomic mass is 10.0. The minimum atomic E-state index is 0.108. The van der Waals surface area contributed by atoms with Gasteiger partial charge in [0.15, 0.2) is 0 Å². The number of nitrogens with one attached hydrogen (secondary N) is 1. The molecule has 1 N–H and O–H groups in total. The number of amides is 1. The maximum atomic E-state index is 12.5. The summed E-state index contributed by atoms with van der Waals surface area (Å²) in [6, 6.07) is 6.04. The number of rotatable bonds is 2. The SMILES string of the molecule is Cc1ccc(Cl)cc1C(=O)N1CC(N2CCNCC2)C1. The van der Waals surface area contributed by atoms with Crippen LogP contribution in [0.15, 0.2) is 18.2 Å². The van der Waals surface area contributed by atoms with Crippen molar-refractivity contribution < 1.29 is 4.79 Å². The Kier molecular flexibility index (Phi) is 3.96. The predicted molar refractivity (Wildman–Crippen MR) is 80.3 cm³/mol. The minimum Gasteiger partial charge on any atom is -0.335 e. The van der Waals surface area contributed by atoms with Crippen LogP contribution >= 0.6 is 11.6 Å². The number of hydrogen-bond donors (Lipinski definition) is 1. The largest absolute Gasteiger partial charge is 0.335 e. The van der Waals surface area contributed by atoms with E-state index in [4.69, 9.17) is 11.6 Å². The molecule has 2 aliphatic rings. The Balaban J connectivity index is 1.61. The number of halogens is 1. The van der Waals surface area contributed by atoms with Crippen LogP contribution in [0.2, 0.25) is 5.02 Å². The van der Waals surface area contributed by atoms with Crippen molar-refractivity contribution in [2.24, 2.45) is 0 Å². The van der Waals surface area contributed by atoms with Crippen molar-refractivity contribution in [1.29, 1.82) is 0 Å². The van der Waals surface area contributed by atoms with Crippen molar-refractivity contribution in [3.8, 4) is 0 Å². The first-order valence-electron chi connectivity index (χ1n) is 7.15. The molecule has 2 saturated heterocycles. The van der Waals surface area contributed by atoms with Crippen LogP contribution in [0.1, 0.15) is 15.9 Å². The Morgan fingerprint density at radius 3 is 2.70 bits per heavy atom. The third-order valence-corrected chi connectivity index (χ3v) is 4.48. The third-order valence-electron chi connectivity index (χ3n) is 4.25. The van der Waals surface area contributed by atoms with Gasteiger partial charge in [-0.2, -0.15) is 0 Å². The highest BCUT2D eigenvalue weighted by Crippen LogP contribution is 2.22. The molecule has 0 bridgehead atoms. The van der Waals surface area contributed by atoms with E-state index in [0.29, 0.717) is 11.1 Å². The molecule has 1 amide bonds. The van der Waals surface area contributed by atoms with Gasteiger partial charge in [0.1, 0.15) is 0 Å². The van der Waals surface area contributed by atoms with Gasteiger partial charge in [0.25, 0.3) is 5.91 Å². The molecule has 5 heteroatoms. The molecule has 0 saturated carbocycles. The molecular weight excluding hydrogens is 274 g/mol. The Morgan fingerprint density at radius 1 is 1.30 bits per heavy atom. The van der Waals surface area contributed by atoms with Gasteiger partial charge in [-0.05, 0) is 24.6 Å². The highest BCUT2D eigenvalue weighted by atomic mass is 35.5. The second-order valence-corrected chi connectivity index (χ2v) is 6.05. The number of nitrogens with zero attached hydrogens (tertiary/aromatic N) is 2. The number of carbonyl (C=O) groups excluding carboxylic acids is 1. The zero-order chi connectivity index (χ0) is 14.1. The van der Waals surface area contributed by atoms with E-state index in [1.54, 1.807) is 6.07 Å². The maximum absolute atomic E-state index is 12.5. The van der Waals surface area contributed by atoms with E-state index in [2.05, 4.69) is 10.2 Å². The molecule has 0 atom stereocenters. The van der Waals surface area contributed by atoms with Gasteiger partial charge in [-0.3, -0.25) is 9.69 Å². The number of aryl methyl sites for hydroxylation is 1. The van der Waals surface area contributed by atoms with E-state index in [9.17, 15) is 4.79 Å². The summed E-state index contributed by atoms with van der Waals surface area (Å²) >= 11 is 5.99. The maximum Gasteiger partial charge on any atom is 0.254 e. The van der Waals surface area contributed by atoms with Gasteiger partial charge in [-0.1, -0.05) is 17.7 Å². The third kappa shape index (κ3) is 2.68. The van der Waals surface area contributed by atoms with Crippen molar-refractivity contribution in [1.82, 2.24) is 15.1 Å². The molecule has 1 aromatic carbocycles. The summed E-state index contributed by atoms with van der Waals surface area (Å²) < 4.78 is 0. The van der Waals surface area contributed by atoms with Crippen LogP contribution < -0.4 is 5.32 Å². The van der Waals surface area contributed by atoms with Crippen molar-refractivity contribution in [2.75, 3.05) is 39.3 Å². The molecular formula is C15H20ClN3O. The van der Waals surface area contributed by atoms with Crippen LogP contribution in [-0.4, -0.2) is 61.0 Å². The van der Waals surface area contributed by atoms with Crippen LogP contribution in [-0.2, 0) is 0 Å².